The lowest BCUT2D eigenvalue weighted by atomic mass is 10.1. The molecule has 2 aromatic carbocycles. The van der Waals surface area contributed by atoms with E-state index in [4.69, 9.17) is 0 Å². The zero-order chi connectivity index (χ0) is 16.3. The molecule has 0 aliphatic carbocycles. The molecular weight excluding hydrogens is 304 g/mol. The molecule has 0 aliphatic heterocycles. The summed E-state index contributed by atoms with van der Waals surface area (Å²) in [6, 6.07) is 8.93. The van der Waals surface area contributed by atoms with Crippen LogP contribution in [-0.4, -0.2) is 11.2 Å². The van der Waals surface area contributed by atoms with E-state index in [-0.39, 0.29) is 10.8 Å². The molecule has 0 fully saturated rings. The van der Waals surface area contributed by atoms with Gasteiger partial charge in [-0.3, -0.25) is 4.79 Å². The zero-order valence-electron chi connectivity index (χ0n) is 12.6. The second-order valence-electron chi connectivity index (χ2n) is 5.14. The molecule has 0 radical (unpaired) electrons. The minimum Gasteiger partial charge on any atom is -0.325 e. The van der Waals surface area contributed by atoms with E-state index in [0.29, 0.717) is 0 Å². The fraction of sp³-hybridized carbons (Fsp3) is 0.235. The Morgan fingerprint density at radius 2 is 1.86 bits per heavy atom. The molecule has 2 aromatic rings. The van der Waals surface area contributed by atoms with Crippen molar-refractivity contribution in [2.75, 3.05) is 5.32 Å². The Kier molecular flexibility index (Phi) is 5.19. The van der Waals surface area contributed by atoms with E-state index < -0.39 is 16.9 Å². The van der Waals surface area contributed by atoms with Crippen molar-refractivity contribution in [3.63, 3.8) is 0 Å². The maximum atomic E-state index is 13.6. The first kappa shape index (κ1) is 16.5. The molecule has 0 aromatic heterocycles. The number of carbonyl (C=O) groups is 1. The van der Waals surface area contributed by atoms with E-state index in [9.17, 15) is 13.6 Å². The van der Waals surface area contributed by atoms with Crippen LogP contribution in [0, 0.1) is 25.5 Å². The number of hydrogen-bond donors (Lipinski definition) is 1. The van der Waals surface area contributed by atoms with Gasteiger partial charge in [-0.25, -0.2) is 8.78 Å². The Hall–Kier alpha value is -1.88. The molecule has 0 heterocycles. The number of anilines is 1. The molecule has 1 amide bonds. The number of halogens is 2. The summed E-state index contributed by atoms with van der Waals surface area (Å²) in [5, 5.41) is 2.27. The van der Waals surface area contributed by atoms with E-state index in [1.807, 2.05) is 32.0 Å². The Balaban J connectivity index is 2.07. The van der Waals surface area contributed by atoms with Crippen molar-refractivity contribution < 1.29 is 13.6 Å². The molecule has 0 unspecified atom stereocenters. The van der Waals surface area contributed by atoms with Gasteiger partial charge in [0.25, 0.3) is 0 Å². The summed E-state index contributed by atoms with van der Waals surface area (Å²) in [6.07, 6.45) is 0. The standard InChI is InChI=1S/C17H17F2NOS/c1-10-4-7-15(11(2)8-10)20-17(21)12(3)22-16-9-13(18)5-6-14(16)19/h4-9,12H,1-3H3,(H,20,21)/t12-/m1/s1. The van der Waals surface area contributed by atoms with Crippen LogP contribution in [0.5, 0.6) is 0 Å². The summed E-state index contributed by atoms with van der Waals surface area (Å²) >= 11 is 0.994. The van der Waals surface area contributed by atoms with Crippen LogP contribution in [0.1, 0.15) is 18.1 Å². The maximum Gasteiger partial charge on any atom is 0.237 e. The van der Waals surface area contributed by atoms with Crippen LogP contribution in [0.3, 0.4) is 0 Å². The number of rotatable bonds is 4. The highest BCUT2D eigenvalue weighted by atomic mass is 32.2. The van der Waals surface area contributed by atoms with Crippen LogP contribution in [0.4, 0.5) is 14.5 Å². The molecule has 0 saturated carbocycles. The Morgan fingerprint density at radius 1 is 1.14 bits per heavy atom. The van der Waals surface area contributed by atoms with Crippen molar-refractivity contribution in [1.82, 2.24) is 0 Å². The van der Waals surface area contributed by atoms with Crippen LogP contribution in [-0.2, 0) is 4.79 Å². The van der Waals surface area contributed by atoms with Gasteiger partial charge in [-0.05, 0) is 50.6 Å². The van der Waals surface area contributed by atoms with Gasteiger partial charge in [-0.2, -0.15) is 0 Å². The first-order chi connectivity index (χ1) is 10.4. The van der Waals surface area contributed by atoms with Gasteiger partial charge in [-0.15, -0.1) is 11.8 Å². The van der Waals surface area contributed by atoms with Gasteiger partial charge in [0.2, 0.25) is 5.91 Å². The summed E-state index contributed by atoms with van der Waals surface area (Å²) < 4.78 is 26.8. The lowest BCUT2D eigenvalue weighted by Crippen LogP contribution is -2.23. The van der Waals surface area contributed by atoms with Crippen molar-refractivity contribution in [2.45, 2.75) is 30.9 Å². The SMILES string of the molecule is Cc1ccc(NC(=O)[C@@H](C)Sc2cc(F)ccc2F)c(C)c1. The molecule has 2 rings (SSSR count). The maximum absolute atomic E-state index is 13.6. The van der Waals surface area contributed by atoms with E-state index in [1.54, 1.807) is 6.92 Å². The first-order valence-electron chi connectivity index (χ1n) is 6.86. The molecule has 116 valence electrons. The molecular formula is C17H17F2NOS. The second kappa shape index (κ2) is 6.92. The monoisotopic (exact) mass is 321 g/mol. The fourth-order valence-electron chi connectivity index (χ4n) is 2.00. The molecule has 0 bridgehead atoms. The normalized spacial score (nSPS) is 12.0. The third-order valence-electron chi connectivity index (χ3n) is 3.21. The van der Waals surface area contributed by atoms with Gasteiger partial charge < -0.3 is 5.32 Å². The third-order valence-corrected chi connectivity index (χ3v) is 4.34. The van der Waals surface area contributed by atoms with E-state index in [0.717, 1.165) is 46.8 Å². The number of amides is 1. The highest BCUT2D eigenvalue weighted by molar-refractivity contribution is 8.00. The summed E-state index contributed by atoms with van der Waals surface area (Å²) in [6.45, 7) is 5.55. The van der Waals surface area contributed by atoms with E-state index in [1.165, 1.54) is 0 Å². The van der Waals surface area contributed by atoms with Crippen LogP contribution in [0.25, 0.3) is 0 Å². The number of thioether (sulfide) groups is 1. The molecule has 5 heteroatoms. The van der Waals surface area contributed by atoms with Gasteiger partial charge in [0.05, 0.1) is 5.25 Å². The minimum atomic E-state index is -0.544. The van der Waals surface area contributed by atoms with Gasteiger partial charge in [0, 0.05) is 10.6 Å². The summed E-state index contributed by atoms with van der Waals surface area (Å²) in [5.41, 5.74) is 2.80. The quantitative estimate of drug-likeness (QED) is 0.827. The molecule has 0 spiro atoms. The molecule has 22 heavy (non-hydrogen) atoms. The van der Waals surface area contributed by atoms with E-state index in [2.05, 4.69) is 5.32 Å². The number of aryl methyl sites for hydroxylation is 2. The first-order valence-corrected chi connectivity index (χ1v) is 7.74. The van der Waals surface area contributed by atoms with Gasteiger partial charge >= 0.3 is 0 Å². The number of hydrogen-bond acceptors (Lipinski definition) is 2. The van der Waals surface area contributed by atoms with Crippen molar-refractivity contribution in [3.05, 3.63) is 59.2 Å². The largest absolute Gasteiger partial charge is 0.325 e. The predicted molar refractivity (Wildman–Crippen MR) is 86.2 cm³/mol. The lowest BCUT2D eigenvalue weighted by Gasteiger charge is -2.14. The summed E-state index contributed by atoms with van der Waals surface area (Å²) in [7, 11) is 0. The van der Waals surface area contributed by atoms with Crippen molar-refractivity contribution in [1.29, 1.82) is 0 Å². The van der Waals surface area contributed by atoms with Crippen molar-refractivity contribution in [2.24, 2.45) is 0 Å². The van der Waals surface area contributed by atoms with Crippen molar-refractivity contribution >= 4 is 23.4 Å². The average Bonchev–Trinajstić information content (AvgIpc) is 2.45. The highest BCUT2D eigenvalue weighted by Gasteiger charge is 2.17. The zero-order valence-corrected chi connectivity index (χ0v) is 13.4. The highest BCUT2D eigenvalue weighted by Crippen LogP contribution is 2.28. The summed E-state index contributed by atoms with van der Waals surface area (Å²) in [4.78, 5) is 12.3. The summed E-state index contributed by atoms with van der Waals surface area (Å²) in [5.74, 6) is -1.30. The van der Waals surface area contributed by atoms with Gasteiger partial charge in [0.1, 0.15) is 11.6 Å². The smallest absolute Gasteiger partial charge is 0.237 e. The minimum absolute atomic E-state index is 0.128. The third kappa shape index (κ3) is 4.07. The Morgan fingerprint density at radius 3 is 2.55 bits per heavy atom. The Bertz CT molecular complexity index is 703. The van der Waals surface area contributed by atoms with Gasteiger partial charge in [-0.1, -0.05) is 17.7 Å². The predicted octanol–water partition coefficient (Wildman–Crippen LogP) is 4.70. The lowest BCUT2D eigenvalue weighted by molar-refractivity contribution is -0.115. The molecule has 1 atom stereocenters. The number of carbonyl (C=O) groups excluding carboxylic acids is 1. The van der Waals surface area contributed by atoms with Crippen LogP contribution in [0.15, 0.2) is 41.3 Å². The van der Waals surface area contributed by atoms with Crippen LogP contribution < -0.4 is 5.32 Å². The molecule has 0 aliphatic rings. The topological polar surface area (TPSA) is 29.1 Å². The second-order valence-corrected chi connectivity index (χ2v) is 6.53. The van der Waals surface area contributed by atoms with Gasteiger partial charge in [0.15, 0.2) is 0 Å². The van der Waals surface area contributed by atoms with E-state index >= 15 is 0 Å². The fourth-order valence-corrected chi connectivity index (χ4v) is 2.91. The number of nitrogens with one attached hydrogen (secondary N) is 1. The van der Waals surface area contributed by atoms with Crippen LogP contribution >= 0.6 is 11.8 Å². The van der Waals surface area contributed by atoms with Crippen molar-refractivity contribution in [3.8, 4) is 0 Å². The average molecular weight is 321 g/mol. The van der Waals surface area contributed by atoms with Crippen LogP contribution in [0.2, 0.25) is 0 Å². The number of benzene rings is 2. The molecule has 1 N–H and O–H groups in total. The molecule has 0 saturated heterocycles. The Labute approximate surface area is 132 Å². The molecule has 2 nitrogen and oxygen atoms in total.